The standard InChI is InChI=1S/C14H19NO4S/c1-19-7-6-15(8-13(16)17)14(18)11-9-20-12-5-3-2-4-10(11)12/h9H,2-8H2,1H3,(H,16,17). The van der Waals surface area contributed by atoms with Gasteiger partial charge in [0.15, 0.2) is 0 Å². The van der Waals surface area contributed by atoms with Crippen LogP contribution in [0.1, 0.15) is 33.6 Å². The molecule has 0 saturated carbocycles. The number of rotatable bonds is 6. The first-order valence-corrected chi connectivity index (χ1v) is 7.60. The quantitative estimate of drug-likeness (QED) is 0.869. The lowest BCUT2D eigenvalue weighted by Crippen LogP contribution is -2.38. The number of hydrogen-bond donors (Lipinski definition) is 1. The summed E-state index contributed by atoms with van der Waals surface area (Å²) < 4.78 is 4.95. The summed E-state index contributed by atoms with van der Waals surface area (Å²) in [6.45, 7) is 0.352. The first-order chi connectivity index (χ1) is 9.63. The SMILES string of the molecule is COCCN(CC(=O)O)C(=O)c1csc2c1CCCC2. The van der Waals surface area contributed by atoms with Gasteiger partial charge in [0, 0.05) is 23.9 Å². The number of nitrogens with zero attached hydrogens (tertiary/aromatic N) is 1. The third-order valence-corrected chi connectivity index (χ3v) is 4.56. The second kappa shape index (κ2) is 6.85. The Labute approximate surface area is 122 Å². The Bertz CT molecular complexity index is 497. The number of carbonyl (C=O) groups excluding carboxylic acids is 1. The van der Waals surface area contributed by atoms with Crippen LogP contribution in [-0.4, -0.2) is 48.7 Å². The number of carboxylic acids is 1. The molecule has 20 heavy (non-hydrogen) atoms. The fourth-order valence-corrected chi connectivity index (χ4v) is 3.58. The number of carboxylic acid groups (broad SMARTS) is 1. The van der Waals surface area contributed by atoms with Gasteiger partial charge in [-0.05, 0) is 31.2 Å². The summed E-state index contributed by atoms with van der Waals surface area (Å²) in [4.78, 5) is 26.1. The van der Waals surface area contributed by atoms with Crippen molar-refractivity contribution in [1.29, 1.82) is 0 Å². The van der Waals surface area contributed by atoms with E-state index in [4.69, 9.17) is 9.84 Å². The highest BCUT2D eigenvalue weighted by Gasteiger charge is 2.25. The molecule has 1 heterocycles. The van der Waals surface area contributed by atoms with Gasteiger partial charge in [-0.1, -0.05) is 0 Å². The molecule has 0 bridgehead atoms. The average molecular weight is 297 g/mol. The number of amides is 1. The third kappa shape index (κ3) is 3.37. The Morgan fingerprint density at radius 2 is 2.15 bits per heavy atom. The molecule has 1 N–H and O–H groups in total. The normalized spacial score (nSPS) is 13.8. The van der Waals surface area contributed by atoms with Crippen molar-refractivity contribution in [3.05, 3.63) is 21.4 Å². The van der Waals surface area contributed by atoms with Gasteiger partial charge in [-0.15, -0.1) is 11.3 Å². The van der Waals surface area contributed by atoms with Crippen LogP contribution in [0.25, 0.3) is 0 Å². The molecule has 0 aliphatic heterocycles. The smallest absolute Gasteiger partial charge is 0.323 e. The van der Waals surface area contributed by atoms with Crippen LogP contribution in [0.15, 0.2) is 5.38 Å². The van der Waals surface area contributed by atoms with Gasteiger partial charge >= 0.3 is 5.97 Å². The highest BCUT2D eigenvalue weighted by atomic mass is 32.1. The zero-order valence-electron chi connectivity index (χ0n) is 11.6. The molecular weight excluding hydrogens is 278 g/mol. The van der Waals surface area contributed by atoms with E-state index in [9.17, 15) is 9.59 Å². The minimum atomic E-state index is -1.00. The van der Waals surface area contributed by atoms with E-state index in [0.29, 0.717) is 18.7 Å². The van der Waals surface area contributed by atoms with Crippen molar-refractivity contribution < 1.29 is 19.4 Å². The van der Waals surface area contributed by atoms with Gasteiger partial charge in [0.05, 0.1) is 12.2 Å². The van der Waals surface area contributed by atoms with Crippen LogP contribution in [0.5, 0.6) is 0 Å². The van der Waals surface area contributed by atoms with Crippen LogP contribution < -0.4 is 0 Å². The van der Waals surface area contributed by atoms with E-state index in [1.165, 1.54) is 23.3 Å². The maximum Gasteiger partial charge on any atom is 0.323 e. The molecule has 0 aromatic carbocycles. The van der Waals surface area contributed by atoms with Gasteiger partial charge in [-0.3, -0.25) is 9.59 Å². The minimum Gasteiger partial charge on any atom is -0.480 e. The van der Waals surface area contributed by atoms with Gasteiger partial charge < -0.3 is 14.7 Å². The number of methoxy groups -OCH3 is 1. The molecular formula is C14H19NO4S. The zero-order valence-corrected chi connectivity index (χ0v) is 12.4. The summed E-state index contributed by atoms with van der Waals surface area (Å²) in [6, 6.07) is 0. The van der Waals surface area contributed by atoms with Crippen molar-refractivity contribution in [2.45, 2.75) is 25.7 Å². The number of hydrogen-bond acceptors (Lipinski definition) is 4. The van der Waals surface area contributed by atoms with Crippen molar-refractivity contribution in [1.82, 2.24) is 4.90 Å². The van der Waals surface area contributed by atoms with Crippen LogP contribution >= 0.6 is 11.3 Å². The molecule has 1 aliphatic rings. The molecule has 1 aliphatic carbocycles. The molecule has 5 nitrogen and oxygen atoms in total. The Kier molecular flexibility index (Phi) is 5.14. The van der Waals surface area contributed by atoms with Gasteiger partial charge in [0.25, 0.3) is 5.91 Å². The molecule has 1 aromatic rings. The highest BCUT2D eigenvalue weighted by molar-refractivity contribution is 7.10. The molecule has 6 heteroatoms. The molecule has 0 unspecified atom stereocenters. The van der Waals surface area contributed by atoms with Crippen LogP contribution in [0.4, 0.5) is 0 Å². The fourth-order valence-electron chi connectivity index (χ4n) is 2.46. The van der Waals surface area contributed by atoms with E-state index in [-0.39, 0.29) is 12.5 Å². The molecule has 0 spiro atoms. The lowest BCUT2D eigenvalue weighted by molar-refractivity contribution is -0.137. The zero-order chi connectivity index (χ0) is 14.5. The molecule has 0 fully saturated rings. The Morgan fingerprint density at radius 1 is 1.40 bits per heavy atom. The molecule has 0 radical (unpaired) electrons. The number of aliphatic carboxylic acids is 1. The van der Waals surface area contributed by atoms with Crippen LogP contribution in [0.2, 0.25) is 0 Å². The predicted molar refractivity (Wildman–Crippen MR) is 76.4 cm³/mol. The van der Waals surface area contributed by atoms with Gasteiger partial charge in [0.2, 0.25) is 0 Å². The molecule has 0 atom stereocenters. The Morgan fingerprint density at radius 3 is 2.85 bits per heavy atom. The minimum absolute atomic E-state index is 0.191. The third-order valence-electron chi connectivity index (χ3n) is 3.47. The Balaban J connectivity index is 2.17. The van der Waals surface area contributed by atoms with Crippen molar-refractivity contribution in [3.8, 4) is 0 Å². The number of fused-ring (bicyclic) bond motifs is 1. The maximum absolute atomic E-state index is 12.5. The lowest BCUT2D eigenvalue weighted by Gasteiger charge is -2.21. The predicted octanol–water partition coefficient (Wildman–Crippen LogP) is 1.80. The van der Waals surface area contributed by atoms with E-state index < -0.39 is 5.97 Å². The van der Waals surface area contributed by atoms with Crippen LogP contribution in [-0.2, 0) is 22.4 Å². The number of carbonyl (C=O) groups is 2. The van der Waals surface area contributed by atoms with Gasteiger partial charge in [-0.2, -0.15) is 0 Å². The monoisotopic (exact) mass is 297 g/mol. The topological polar surface area (TPSA) is 66.8 Å². The van der Waals surface area contributed by atoms with Crippen LogP contribution in [0.3, 0.4) is 0 Å². The molecule has 110 valence electrons. The first kappa shape index (κ1) is 15.0. The van der Waals surface area contributed by atoms with Crippen LogP contribution in [0, 0.1) is 0 Å². The summed E-state index contributed by atoms with van der Waals surface area (Å²) in [6.07, 6.45) is 4.22. The second-order valence-corrected chi connectivity index (χ2v) is 5.84. The van der Waals surface area contributed by atoms with E-state index in [0.717, 1.165) is 24.8 Å². The van der Waals surface area contributed by atoms with Crippen molar-refractivity contribution >= 4 is 23.2 Å². The Hall–Kier alpha value is -1.40. The number of thiophene rings is 1. The molecule has 1 amide bonds. The lowest BCUT2D eigenvalue weighted by atomic mass is 9.95. The highest BCUT2D eigenvalue weighted by Crippen LogP contribution is 2.30. The molecule has 0 saturated heterocycles. The number of aryl methyl sites for hydroxylation is 1. The number of ether oxygens (including phenoxy) is 1. The second-order valence-electron chi connectivity index (χ2n) is 4.87. The van der Waals surface area contributed by atoms with Gasteiger partial charge in [-0.25, -0.2) is 0 Å². The van der Waals surface area contributed by atoms with Gasteiger partial charge in [0.1, 0.15) is 6.54 Å². The average Bonchev–Trinajstić information content (AvgIpc) is 2.86. The van der Waals surface area contributed by atoms with E-state index >= 15 is 0 Å². The largest absolute Gasteiger partial charge is 0.480 e. The van der Waals surface area contributed by atoms with E-state index in [2.05, 4.69) is 0 Å². The summed E-state index contributed by atoms with van der Waals surface area (Å²) in [7, 11) is 1.54. The van der Waals surface area contributed by atoms with Crippen molar-refractivity contribution in [2.75, 3.05) is 26.8 Å². The summed E-state index contributed by atoms with van der Waals surface area (Å²) in [5, 5.41) is 10.8. The van der Waals surface area contributed by atoms with Crippen molar-refractivity contribution in [3.63, 3.8) is 0 Å². The molecule has 2 rings (SSSR count). The van der Waals surface area contributed by atoms with Crippen molar-refractivity contribution in [2.24, 2.45) is 0 Å². The summed E-state index contributed by atoms with van der Waals surface area (Å²) >= 11 is 1.61. The first-order valence-electron chi connectivity index (χ1n) is 6.72. The summed E-state index contributed by atoms with van der Waals surface area (Å²) in [5.41, 5.74) is 1.81. The summed E-state index contributed by atoms with van der Waals surface area (Å²) in [5.74, 6) is -1.19. The maximum atomic E-state index is 12.5. The fraction of sp³-hybridized carbons (Fsp3) is 0.571. The van der Waals surface area contributed by atoms with E-state index in [1.54, 1.807) is 11.3 Å². The van der Waals surface area contributed by atoms with E-state index in [1.807, 2.05) is 5.38 Å². The molecule has 1 aromatic heterocycles.